The van der Waals surface area contributed by atoms with Crippen molar-refractivity contribution in [1.29, 1.82) is 0 Å². The minimum absolute atomic E-state index is 0.0488. The lowest BCUT2D eigenvalue weighted by Gasteiger charge is -2.09. The van der Waals surface area contributed by atoms with Crippen molar-refractivity contribution in [2.75, 3.05) is 11.1 Å². The monoisotopic (exact) mass is 408 g/mol. The van der Waals surface area contributed by atoms with Crippen LogP contribution in [0, 0.1) is 17.5 Å². The van der Waals surface area contributed by atoms with E-state index in [1.54, 1.807) is 22.8 Å². The van der Waals surface area contributed by atoms with E-state index >= 15 is 0 Å². The fourth-order valence-electron chi connectivity index (χ4n) is 2.48. The van der Waals surface area contributed by atoms with Gasteiger partial charge < -0.3 is 15.0 Å². The number of nitrogens with one attached hydrogen (secondary N) is 1. The summed E-state index contributed by atoms with van der Waals surface area (Å²) in [6, 6.07) is 8.33. The second kappa shape index (κ2) is 8.34. The van der Waals surface area contributed by atoms with Gasteiger partial charge in [-0.3, -0.25) is 4.79 Å². The summed E-state index contributed by atoms with van der Waals surface area (Å²) in [5.41, 5.74) is 0.0494. The lowest BCUT2D eigenvalue weighted by molar-refractivity contribution is -0.113. The zero-order valence-electron chi connectivity index (χ0n) is 14.6. The van der Waals surface area contributed by atoms with Crippen LogP contribution in [0.5, 0.6) is 5.75 Å². The number of anilines is 1. The summed E-state index contributed by atoms with van der Waals surface area (Å²) < 4.78 is 41.6. The molecule has 0 saturated carbocycles. The zero-order valence-corrected chi connectivity index (χ0v) is 15.4. The molecule has 6 nitrogen and oxygen atoms in total. The van der Waals surface area contributed by atoms with E-state index in [-0.39, 0.29) is 11.5 Å². The Labute approximate surface area is 162 Å². The number of aromatic nitrogens is 3. The highest BCUT2D eigenvalue weighted by Gasteiger charge is 2.18. The normalized spacial score (nSPS) is 10.9. The number of thioether (sulfide) groups is 1. The molecular weight excluding hydrogens is 393 g/mol. The first kappa shape index (κ1) is 19.7. The number of carbonyl (C=O) groups is 1. The third-order valence-corrected chi connectivity index (χ3v) is 4.79. The second-order valence-electron chi connectivity index (χ2n) is 5.63. The minimum Gasteiger partial charge on any atom is -0.507 e. The molecule has 0 unspecified atom stereocenters. The summed E-state index contributed by atoms with van der Waals surface area (Å²) in [6.07, 6.45) is 0. The topological polar surface area (TPSA) is 80.0 Å². The van der Waals surface area contributed by atoms with Crippen LogP contribution in [0.2, 0.25) is 0 Å². The van der Waals surface area contributed by atoms with Crippen molar-refractivity contribution >= 4 is 23.4 Å². The van der Waals surface area contributed by atoms with E-state index in [4.69, 9.17) is 0 Å². The number of halogens is 3. The number of aromatic hydroxyl groups is 1. The van der Waals surface area contributed by atoms with Crippen LogP contribution in [0.4, 0.5) is 18.9 Å². The predicted molar refractivity (Wildman–Crippen MR) is 98.5 cm³/mol. The van der Waals surface area contributed by atoms with Crippen molar-refractivity contribution in [2.45, 2.75) is 18.6 Å². The van der Waals surface area contributed by atoms with Gasteiger partial charge in [-0.05, 0) is 31.2 Å². The van der Waals surface area contributed by atoms with Gasteiger partial charge in [0.1, 0.15) is 5.75 Å². The van der Waals surface area contributed by atoms with Gasteiger partial charge in [-0.25, -0.2) is 13.2 Å². The van der Waals surface area contributed by atoms with Gasteiger partial charge in [0.2, 0.25) is 5.91 Å². The number of nitrogens with zero attached hydrogens (tertiary/aromatic N) is 3. The molecule has 3 aromatic rings. The molecule has 1 aromatic heterocycles. The van der Waals surface area contributed by atoms with Crippen LogP contribution in [0.15, 0.2) is 41.6 Å². The number of para-hydroxylation sites is 1. The van der Waals surface area contributed by atoms with Crippen molar-refractivity contribution in [3.63, 3.8) is 0 Å². The SMILES string of the molecule is CCn1c(SCC(=O)Nc2ccc(F)c(F)c2F)nnc1-c1ccccc1O. The number of hydrogen-bond acceptors (Lipinski definition) is 5. The van der Waals surface area contributed by atoms with E-state index in [9.17, 15) is 23.1 Å². The molecular formula is C18H15F3N4O2S. The van der Waals surface area contributed by atoms with Crippen molar-refractivity contribution < 1.29 is 23.1 Å². The Morgan fingerprint density at radius 1 is 1.14 bits per heavy atom. The summed E-state index contributed by atoms with van der Waals surface area (Å²) in [5.74, 6) is -4.73. The highest BCUT2D eigenvalue weighted by atomic mass is 32.2. The molecule has 10 heteroatoms. The molecule has 2 N–H and O–H groups in total. The number of carbonyl (C=O) groups excluding carboxylic acids is 1. The van der Waals surface area contributed by atoms with E-state index < -0.39 is 29.0 Å². The standard InChI is InChI=1S/C18H15F3N4O2S/c1-2-25-17(10-5-3-4-6-13(10)26)23-24-18(25)28-9-14(27)22-12-8-7-11(19)15(20)16(12)21/h3-8,26H,2,9H2,1H3,(H,22,27). The molecule has 1 amide bonds. The first-order valence-corrected chi connectivity index (χ1v) is 9.18. The molecule has 0 atom stereocenters. The Hall–Kier alpha value is -3.01. The van der Waals surface area contributed by atoms with E-state index in [0.717, 1.165) is 23.9 Å². The van der Waals surface area contributed by atoms with Crippen molar-refractivity contribution in [3.05, 3.63) is 53.8 Å². The minimum atomic E-state index is -1.65. The van der Waals surface area contributed by atoms with Crippen LogP contribution in [0.3, 0.4) is 0 Å². The zero-order chi connectivity index (χ0) is 20.3. The number of phenols is 1. The summed E-state index contributed by atoms with van der Waals surface area (Å²) in [5, 5.41) is 20.7. The highest BCUT2D eigenvalue weighted by molar-refractivity contribution is 7.99. The Bertz CT molecular complexity index is 1030. The van der Waals surface area contributed by atoms with E-state index in [2.05, 4.69) is 15.5 Å². The number of hydrogen-bond donors (Lipinski definition) is 2. The Morgan fingerprint density at radius 2 is 1.89 bits per heavy atom. The summed E-state index contributed by atoms with van der Waals surface area (Å²) in [4.78, 5) is 12.1. The number of benzene rings is 2. The van der Waals surface area contributed by atoms with Gasteiger partial charge in [0.15, 0.2) is 28.4 Å². The van der Waals surface area contributed by atoms with Gasteiger partial charge in [-0.1, -0.05) is 23.9 Å². The van der Waals surface area contributed by atoms with Crippen LogP contribution < -0.4 is 5.32 Å². The number of amides is 1. The van der Waals surface area contributed by atoms with Crippen molar-refractivity contribution in [3.8, 4) is 17.1 Å². The molecule has 0 saturated heterocycles. The molecule has 1 heterocycles. The third-order valence-electron chi connectivity index (χ3n) is 3.82. The summed E-state index contributed by atoms with van der Waals surface area (Å²) in [6.45, 7) is 2.34. The van der Waals surface area contributed by atoms with Crippen LogP contribution in [0.25, 0.3) is 11.4 Å². The van der Waals surface area contributed by atoms with E-state index in [0.29, 0.717) is 23.1 Å². The fourth-order valence-corrected chi connectivity index (χ4v) is 3.28. The van der Waals surface area contributed by atoms with Crippen LogP contribution in [-0.4, -0.2) is 31.5 Å². The largest absolute Gasteiger partial charge is 0.507 e. The molecule has 0 aliphatic carbocycles. The van der Waals surface area contributed by atoms with Crippen LogP contribution in [0.1, 0.15) is 6.92 Å². The Morgan fingerprint density at radius 3 is 2.61 bits per heavy atom. The lowest BCUT2D eigenvalue weighted by Crippen LogP contribution is -2.16. The average molecular weight is 408 g/mol. The van der Waals surface area contributed by atoms with E-state index in [1.165, 1.54) is 6.07 Å². The van der Waals surface area contributed by atoms with Gasteiger partial charge in [0, 0.05) is 6.54 Å². The molecule has 3 rings (SSSR count). The molecule has 146 valence electrons. The first-order valence-electron chi connectivity index (χ1n) is 8.20. The average Bonchev–Trinajstić information content (AvgIpc) is 3.10. The van der Waals surface area contributed by atoms with Gasteiger partial charge in [-0.2, -0.15) is 0 Å². The van der Waals surface area contributed by atoms with Crippen molar-refractivity contribution in [1.82, 2.24) is 14.8 Å². The number of phenolic OH excluding ortho intramolecular Hbond substituents is 1. The Kier molecular flexibility index (Phi) is 5.88. The first-order chi connectivity index (χ1) is 13.4. The molecule has 0 bridgehead atoms. The van der Waals surface area contributed by atoms with Crippen molar-refractivity contribution in [2.24, 2.45) is 0 Å². The maximum Gasteiger partial charge on any atom is 0.234 e. The van der Waals surface area contributed by atoms with Gasteiger partial charge >= 0.3 is 0 Å². The lowest BCUT2D eigenvalue weighted by atomic mass is 10.2. The Balaban J connectivity index is 1.72. The van der Waals surface area contributed by atoms with E-state index in [1.807, 2.05) is 6.92 Å². The van der Waals surface area contributed by atoms with Crippen LogP contribution >= 0.6 is 11.8 Å². The summed E-state index contributed by atoms with van der Waals surface area (Å²) in [7, 11) is 0. The maximum atomic E-state index is 13.6. The van der Waals surface area contributed by atoms with Gasteiger partial charge in [0.25, 0.3) is 0 Å². The second-order valence-corrected chi connectivity index (χ2v) is 6.57. The fraction of sp³-hybridized carbons (Fsp3) is 0.167. The van der Waals surface area contributed by atoms with Crippen LogP contribution in [-0.2, 0) is 11.3 Å². The molecule has 28 heavy (non-hydrogen) atoms. The van der Waals surface area contributed by atoms with Gasteiger partial charge in [0.05, 0.1) is 17.0 Å². The molecule has 0 aliphatic heterocycles. The summed E-state index contributed by atoms with van der Waals surface area (Å²) >= 11 is 1.04. The third kappa shape index (κ3) is 3.96. The van der Waals surface area contributed by atoms with Gasteiger partial charge in [-0.15, -0.1) is 10.2 Å². The molecule has 0 aliphatic rings. The maximum absolute atomic E-state index is 13.6. The molecule has 2 aromatic carbocycles. The molecule has 0 radical (unpaired) electrons. The highest BCUT2D eigenvalue weighted by Crippen LogP contribution is 2.30. The number of rotatable bonds is 6. The smallest absolute Gasteiger partial charge is 0.234 e. The quantitative estimate of drug-likeness (QED) is 0.479. The predicted octanol–water partition coefficient (Wildman–Crippen LogP) is 3.82. The molecule has 0 spiro atoms. The molecule has 0 fully saturated rings.